The minimum absolute atomic E-state index is 0.373. The molecular formula is C13H11Cl2FN2. The lowest BCUT2D eigenvalue weighted by Crippen LogP contribution is -2.29. The van der Waals surface area contributed by atoms with E-state index in [2.05, 4.69) is 5.43 Å². The molecule has 18 heavy (non-hydrogen) atoms. The van der Waals surface area contributed by atoms with E-state index < -0.39 is 6.04 Å². The van der Waals surface area contributed by atoms with Gasteiger partial charge in [-0.1, -0.05) is 35.3 Å². The Morgan fingerprint density at radius 1 is 1.06 bits per heavy atom. The zero-order valence-corrected chi connectivity index (χ0v) is 10.8. The number of benzene rings is 2. The standard InChI is InChI=1S/C13H11Cl2FN2/c14-9-3-1-2-8(6-9)13(18-17)11-7-10(15)4-5-12(11)16/h1-7,13,18H,17H2. The second kappa shape index (κ2) is 5.67. The van der Waals surface area contributed by atoms with E-state index in [0.717, 1.165) is 5.56 Å². The van der Waals surface area contributed by atoms with Gasteiger partial charge in [-0.15, -0.1) is 0 Å². The summed E-state index contributed by atoms with van der Waals surface area (Å²) in [6.45, 7) is 0. The van der Waals surface area contributed by atoms with Crippen LogP contribution in [0.2, 0.25) is 10.0 Å². The highest BCUT2D eigenvalue weighted by Gasteiger charge is 2.17. The summed E-state index contributed by atoms with van der Waals surface area (Å²) in [6.07, 6.45) is 0. The number of hydrogen-bond acceptors (Lipinski definition) is 2. The van der Waals surface area contributed by atoms with E-state index in [9.17, 15) is 4.39 Å². The largest absolute Gasteiger partial charge is 0.271 e. The van der Waals surface area contributed by atoms with Crippen molar-refractivity contribution in [3.63, 3.8) is 0 Å². The van der Waals surface area contributed by atoms with Gasteiger partial charge < -0.3 is 0 Å². The lowest BCUT2D eigenvalue weighted by atomic mass is 9.99. The average Bonchev–Trinajstić information content (AvgIpc) is 2.35. The van der Waals surface area contributed by atoms with E-state index in [4.69, 9.17) is 29.0 Å². The van der Waals surface area contributed by atoms with Gasteiger partial charge in [0.25, 0.3) is 0 Å². The third-order valence-corrected chi connectivity index (χ3v) is 3.09. The first-order chi connectivity index (χ1) is 8.61. The van der Waals surface area contributed by atoms with Gasteiger partial charge in [0.15, 0.2) is 0 Å². The Morgan fingerprint density at radius 3 is 2.44 bits per heavy atom. The van der Waals surface area contributed by atoms with E-state index in [1.165, 1.54) is 12.1 Å². The minimum atomic E-state index is -0.498. The summed E-state index contributed by atoms with van der Waals surface area (Å²) in [5.74, 6) is 5.13. The van der Waals surface area contributed by atoms with Gasteiger partial charge in [-0.25, -0.2) is 9.82 Å². The highest BCUT2D eigenvalue weighted by molar-refractivity contribution is 6.31. The van der Waals surface area contributed by atoms with Gasteiger partial charge in [-0.2, -0.15) is 0 Å². The number of rotatable bonds is 3. The molecule has 0 fully saturated rings. The van der Waals surface area contributed by atoms with Gasteiger partial charge in [0.2, 0.25) is 0 Å². The lowest BCUT2D eigenvalue weighted by molar-refractivity contribution is 0.560. The van der Waals surface area contributed by atoms with Gasteiger partial charge in [0.1, 0.15) is 5.82 Å². The molecule has 2 aromatic rings. The van der Waals surface area contributed by atoms with E-state index >= 15 is 0 Å². The molecule has 2 aromatic carbocycles. The van der Waals surface area contributed by atoms with Crippen LogP contribution in [0.4, 0.5) is 4.39 Å². The molecule has 0 bridgehead atoms. The van der Waals surface area contributed by atoms with Crippen LogP contribution < -0.4 is 11.3 Å². The first kappa shape index (κ1) is 13.3. The number of nitrogens with two attached hydrogens (primary N) is 1. The Morgan fingerprint density at radius 2 is 1.78 bits per heavy atom. The molecule has 0 heterocycles. The summed E-state index contributed by atoms with van der Waals surface area (Å²) >= 11 is 11.8. The summed E-state index contributed by atoms with van der Waals surface area (Å²) in [5, 5.41) is 1.02. The molecule has 0 aliphatic heterocycles. The predicted octanol–water partition coefficient (Wildman–Crippen LogP) is 3.69. The second-order valence-corrected chi connectivity index (χ2v) is 4.69. The predicted molar refractivity (Wildman–Crippen MR) is 72.0 cm³/mol. The third-order valence-electron chi connectivity index (χ3n) is 2.62. The fraction of sp³-hybridized carbons (Fsp3) is 0.0769. The van der Waals surface area contributed by atoms with Crippen molar-refractivity contribution < 1.29 is 4.39 Å². The number of hydrazine groups is 1. The van der Waals surface area contributed by atoms with Gasteiger partial charge in [-0.05, 0) is 35.9 Å². The van der Waals surface area contributed by atoms with E-state index in [-0.39, 0.29) is 5.82 Å². The molecule has 1 atom stereocenters. The van der Waals surface area contributed by atoms with Crippen molar-refractivity contribution in [1.29, 1.82) is 0 Å². The van der Waals surface area contributed by atoms with Crippen molar-refractivity contribution in [2.75, 3.05) is 0 Å². The van der Waals surface area contributed by atoms with Crippen molar-refractivity contribution >= 4 is 23.2 Å². The molecule has 2 nitrogen and oxygen atoms in total. The van der Waals surface area contributed by atoms with Gasteiger partial charge in [0.05, 0.1) is 6.04 Å². The fourth-order valence-electron chi connectivity index (χ4n) is 1.79. The van der Waals surface area contributed by atoms with Crippen LogP contribution in [0.25, 0.3) is 0 Å². The molecule has 94 valence electrons. The molecule has 2 rings (SSSR count). The quantitative estimate of drug-likeness (QED) is 0.666. The van der Waals surface area contributed by atoms with Crippen molar-refractivity contribution in [2.24, 2.45) is 5.84 Å². The lowest BCUT2D eigenvalue weighted by Gasteiger charge is -2.18. The van der Waals surface area contributed by atoms with E-state index in [1.807, 2.05) is 6.07 Å². The topological polar surface area (TPSA) is 38.0 Å². The minimum Gasteiger partial charge on any atom is -0.271 e. The SMILES string of the molecule is NNC(c1cccc(Cl)c1)c1cc(Cl)ccc1F. The molecule has 0 saturated carbocycles. The first-order valence-electron chi connectivity index (χ1n) is 5.28. The normalized spacial score (nSPS) is 12.4. The summed E-state index contributed by atoms with van der Waals surface area (Å²) < 4.78 is 13.8. The van der Waals surface area contributed by atoms with E-state index in [0.29, 0.717) is 15.6 Å². The Hall–Kier alpha value is -1.13. The second-order valence-electron chi connectivity index (χ2n) is 3.82. The summed E-state index contributed by atoms with van der Waals surface area (Å²) in [7, 11) is 0. The van der Waals surface area contributed by atoms with Crippen LogP contribution in [0.1, 0.15) is 17.2 Å². The molecule has 0 aromatic heterocycles. The molecular weight excluding hydrogens is 274 g/mol. The monoisotopic (exact) mass is 284 g/mol. The molecule has 5 heteroatoms. The van der Waals surface area contributed by atoms with Crippen LogP contribution in [-0.4, -0.2) is 0 Å². The fourth-order valence-corrected chi connectivity index (χ4v) is 2.17. The van der Waals surface area contributed by atoms with Crippen LogP contribution in [0.15, 0.2) is 42.5 Å². The number of hydrogen-bond donors (Lipinski definition) is 2. The van der Waals surface area contributed by atoms with Crippen molar-refractivity contribution in [1.82, 2.24) is 5.43 Å². The molecule has 0 radical (unpaired) electrons. The van der Waals surface area contributed by atoms with Crippen LogP contribution in [0, 0.1) is 5.82 Å². The first-order valence-corrected chi connectivity index (χ1v) is 6.04. The highest BCUT2D eigenvalue weighted by atomic mass is 35.5. The Balaban J connectivity index is 2.48. The molecule has 1 unspecified atom stereocenters. The van der Waals surface area contributed by atoms with Crippen molar-refractivity contribution in [3.8, 4) is 0 Å². The highest BCUT2D eigenvalue weighted by Crippen LogP contribution is 2.27. The average molecular weight is 285 g/mol. The zero-order valence-electron chi connectivity index (χ0n) is 9.33. The van der Waals surface area contributed by atoms with Crippen LogP contribution in [0.5, 0.6) is 0 Å². The van der Waals surface area contributed by atoms with Gasteiger partial charge in [0, 0.05) is 15.6 Å². The number of nitrogens with one attached hydrogen (secondary N) is 1. The van der Waals surface area contributed by atoms with Crippen LogP contribution >= 0.6 is 23.2 Å². The third kappa shape index (κ3) is 2.82. The molecule has 0 aliphatic carbocycles. The van der Waals surface area contributed by atoms with Gasteiger partial charge >= 0.3 is 0 Å². The maximum atomic E-state index is 13.8. The summed E-state index contributed by atoms with van der Waals surface area (Å²) in [6, 6.07) is 10.9. The van der Waals surface area contributed by atoms with E-state index in [1.54, 1.807) is 24.3 Å². The maximum absolute atomic E-state index is 13.8. The Bertz CT molecular complexity index is 560. The molecule has 0 amide bonds. The van der Waals surface area contributed by atoms with Crippen molar-refractivity contribution in [2.45, 2.75) is 6.04 Å². The Kier molecular flexibility index (Phi) is 4.19. The maximum Gasteiger partial charge on any atom is 0.128 e. The zero-order chi connectivity index (χ0) is 13.1. The van der Waals surface area contributed by atoms with Crippen LogP contribution in [0.3, 0.4) is 0 Å². The smallest absolute Gasteiger partial charge is 0.128 e. The molecule has 0 saturated heterocycles. The Labute approximate surface area is 114 Å². The summed E-state index contributed by atoms with van der Waals surface area (Å²) in [4.78, 5) is 0. The van der Waals surface area contributed by atoms with Crippen LogP contribution in [-0.2, 0) is 0 Å². The molecule has 0 spiro atoms. The van der Waals surface area contributed by atoms with Crippen molar-refractivity contribution in [3.05, 3.63) is 69.5 Å². The molecule has 3 N–H and O–H groups in total. The molecule has 0 aliphatic rings. The van der Waals surface area contributed by atoms with Gasteiger partial charge in [-0.3, -0.25) is 5.84 Å². The number of halogens is 3. The summed E-state index contributed by atoms with van der Waals surface area (Å²) in [5.41, 5.74) is 3.72.